The molecular weight excluding hydrogens is 250 g/mol. The Labute approximate surface area is 99.7 Å². The number of hydrogen-bond donors (Lipinski definition) is 2. The summed E-state index contributed by atoms with van der Waals surface area (Å²) in [5, 5.41) is 0.182. The quantitative estimate of drug-likeness (QED) is 0.799. The molecule has 0 amide bonds. The number of aromatic amines is 1. The van der Waals surface area contributed by atoms with Crippen LogP contribution >= 0.6 is 11.6 Å². The minimum Gasteiger partial charge on any atom is -0.335 e. The fraction of sp³-hybridized carbons (Fsp3) is 0.667. The first-order chi connectivity index (χ1) is 7.59. The molecule has 0 aromatic carbocycles. The molecule has 90 valence electrons. The van der Waals surface area contributed by atoms with E-state index in [1.54, 1.807) is 0 Å². The van der Waals surface area contributed by atoms with Gasteiger partial charge in [-0.2, -0.15) is 0 Å². The van der Waals surface area contributed by atoms with Crippen LogP contribution < -0.4 is 4.72 Å². The summed E-state index contributed by atoms with van der Waals surface area (Å²) in [5.74, 6) is 0.236. The van der Waals surface area contributed by atoms with E-state index in [0.29, 0.717) is 6.54 Å². The number of aromatic nitrogens is 2. The van der Waals surface area contributed by atoms with Crippen molar-refractivity contribution in [1.29, 1.82) is 0 Å². The van der Waals surface area contributed by atoms with Crippen molar-refractivity contribution in [3.8, 4) is 0 Å². The first-order valence-corrected chi connectivity index (χ1v) is 7.13. The molecule has 2 rings (SSSR count). The molecule has 1 saturated carbocycles. The third kappa shape index (κ3) is 2.56. The zero-order valence-electron chi connectivity index (χ0n) is 8.69. The maximum absolute atomic E-state index is 11.7. The monoisotopic (exact) mass is 263 g/mol. The third-order valence-electron chi connectivity index (χ3n) is 2.86. The lowest BCUT2D eigenvalue weighted by molar-refractivity contribution is 0.522. The normalized spacial score (nSPS) is 26.1. The summed E-state index contributed by atoms with van der Waals surface area (Å²) in [6.45, 7) is 0.398. The Bertz CT molecular complexity index is 432. The third-order valence-corrected chi connectivity index (χ3v) is 4.79. The molecule has 0 spiro atoms. The summed E-state index contributed by atoms with van der Waals surface area (Å²) in [4.78, 5) is 6.25. The second-order valence-electron chi connectivity index (χ2n) is 3.97. The highest BCUT2D eigenvalue weighted by Crippen LogP contribution is 2.29. The van der Waals surface area contributed by atoms with E-state index in [1.807, 2.05) is 0 Å². The Kier molecular flexibility index (Phi) is 3.51. The number of rotatable bonds is 4. The van der Waals surface area contributed by atoms with Gasteiger partial charge in [-0.15, -0.1) is 11.6 Å². The topological polar surface area (TPSA) is 74.8 Å². The average Bonchev–Trinajstić information content (AvgIpc) is 2.85. The van der Waals surface area contributed by atoms with Crippen molar-refractivity contribution in [2.45, 2.75) is 29.7 Å². The van der Waals surface area contributed by atoms with Crippen molar-refractivity contribution < 1.29 is 8.42 Å². The summed E-state index contributed by atoms with van der Waals surface area (Å²) < 4.78 is 26.0. The maximum atomic E-state index is 11.7. The van der Waals surface area contributed by atoms with Crippen LogP contribution in [-0.4, -0.2) is 30.3 Å². The van der Waals surface area contributed by atoms with Crippen LogP contribution in [0.3, 0.4) is 0 Å². The summed E-state index contributed by atoms with van der Waals surface area (Å²) in [7, 11) is -3.45. The number of sulfonamides is 1. The van der Waals surface area contributed by atoms with Gasteiger partial charge in [0.15, 0.2) is 5.03 Å². The van der Waals surface area contributed by atoms with Crippen LogP contribution in [0.1, 0.15) is 19.3 Å². The SMILES string of the molecule is O=S(=O)(NCC1CCCC1Cl)c1cnc[nH]1. The highest BCUT2D eigenvalue weighted by atomic mass is 35.5. The predicted molar refractivity (Wildman–Crippen MR) is 60.8 cm³/mol. The van der Waals surface area contributed by atoms with Gasteiger partial charge in [-0.3, -0.25) is 0 Å². The smallest absolute Gasteiger partial charge is 0.257 e. The molecule has 2 N–H and O–H groups in total. The van der Waals surface area contributed by atoms with Gasteiger partial charge >= 0.3 is 0 Å². The predicted octanol–water partition coefficient (Wildman–Crippen LogP) is 1.10. The Balaban J connectivity index is 1.95. The van der Waals surface area contributed by atoms with Crippen LogP contribution in [0.5, 0.6) is 0 Å². The lowest BCUT2D eigenvalue weighted by atomic mass is 10.1. The number of alkyl halides is 1. The van der Waals surface area contributed by atoms with E-state index in [0.717, 1.165) is 19.3 Å². The highest BCUT2D eigenvalue weighted by molar-refractivity contribution is 7.89. The van der Waals surface area contributed by atoms with Gasteiger partial charge in [0.1, 0.15) is 0 Å². The van der Waals surface area contributed by atoms with Crippen LogP contribution in [0.25, 0.3) is 0 Å². The molecule has 1 fully saturated rings. The highest BCUT2D eigenvalue weighted by Gasteiger charge is 2.27. The first kappa shape index (κ1) is 11.9. The number of hydrogen-bond acceptors (Lipinski definition) is 3. The fourth-order valence-corrected chi connectivity index (χ4v) is 3.27. The van der Waals surface area contributed by atoms with Crippen LogP contribution in [0.4, 0.5) is 0 Å². The van der Waals surface area contributed by atoms with Crippen LogP contribution in [0.2, 0.25) is 0 Å². The number of nitrogens with one attached hydrogen (secondary N) is 2. The molecule has 5 nitrogen and oxygen atoms in total. The zero-order valence-corrected chi connectivity index (χ0v) is 10.3. The second-order valence-corrected chi connectivity index (χ2v) is 6.27. The number of H-pyrrole nitrogens is 1. The molecule has 0 radical (unpaired) electrons. The van der Waals surface area contributed by atoms with Gasteiger partial charge in [-0.05, 0) is 18.8 Å². The van der Waals surface area contributed by atoms with Gasteiger partial charge in [0.05, 0.1) is 12.5 Å². The van der Waals surface area contributed by atoms with Crippen molar-refractivity contribution in [3.05, 3.63) is 12.5 Å². The number of nitrogens with zero attached hydrogens (tertiary/aromatic N) is 1. The second kappa shape index (κ2) is 4.73. The van der Waals surface area contributed by atoms with E-state index >= 15 is 0 Å². The average molecular weight is 264 g/mol. The Morgan fingerprint density at radius 1 is 1.56 bits per heavy atom. The van der Waals surface area contributed by atoms with Crippen LogP contribution in [0.15, 0.2) is 17.6 Å². The van der Waals surface area contributed by atoms with Gasteiger partial charge < -0.3 is 4.98 Å². The standard InChI is InChI=1S/C9H14ClN3O2S/c10-8-3-1-2-7(8)4-13-16(14,15)9-5-11-6-12-9/h5-8,13H,1-4H2,(H,11,12). The molecule has 1 heterocycles. The van der Waals surface area contributed by atoms with Gasteiger partial charge in [-0.25, -0.2) is 18.1 Å². The maximum Gasteiger partial charge on any atom is 0.257 e. The molecule has 1 aliphatic rings. The Morgan fingerprint density at radius 3 is 2.94 bits per heavy atom. The largest absolute Gasteiger partial charge is 0.335 e. The molecule has 2 unspecified atom stereocenters. The van der Waals surface area contributed by atoms with Gasteiger partial charge in [-0.1, -0.05) is 6.42 Å². The Morgan fingerprint density at radius 2 is 2.38 bits per heavy atom. The molecule has 1 aromatic rings. The molecule has 0 saturated heterocycles. The first-order valence-electron chi connectivity index (χ1n) is 5.22. The molecule has 16 heavy (non-hydrogen) atoms. The fourth-order valence-electron chi connectivity index (χ4n) is 1.91. The van der Waals surface area contributed by atoms with E-state index < -0.39 is 10.0 Å². The van der Waals surface area contributed by atoms with Gasteiger partial charge in [0, 0.05) is 11.9 Å². The molecule has 7 heteroatoms. The van der Waals surface area contributed by atoms with Crippen molar-refractivity contribution in [3.63, 3.8) is 0 Å². The van der Waals surface area contributed by atoms with E-state index in [1.165, 1.54) is 12.5 Å². The number of halogens is 1. The summed E-state index contributed by atoms with van der Waals surface area (Å²) >= 11 is 6.08. The zero-order chi connectivity index (χ0) is 11.6. The van der Waals surface area contributed by atoms with Crippen molar-refractivity contribution in [1.82, 2.24) is 14.7 Å². The molecule has 0 aliphatic heterocycles. The van der Waals surface area contributed by atoms with Crippen molar-refractivity contribution in [2.75, 3.05) is 6.54 Å². The summed E-state index contributed by atoms with van der Waals surface area (Å²) in [6, 6.07) is 0. The van der Waals surface area contributed by atoms with Gasteiger partial charge in [0.25, 0.3) is 10.0 Å². The van der Waals surface area contributed by atoms with Crippen LogP contribution in [0, 0.1) is 5.92 Å². The Hall–Kier alpha value is -0.590. The minimum absolute atomic E-state index is 0.0875. The molecule has 1 aliphatic carbocycles. The molecule has 1 aromatic heterocycles. The lowest BCUT2D eigenvalue weighted by Gasteiger charge is -2.13. The lowest BCUT2D eigenvalue weighted by Crippen LogP contribution is -2.31. The molecule has 0 bridgehead atoms. The van der Waals surface area contributed by atoms with Gasteiger partial charge in [0.2, 0.25) is 0 Å². The molecular formula is C9H14ClN3O2S. The summed E-state index contributed by atoms with van der Waals surface area (Å²) in [6.07, 6.45) is 5.66. The van der Waals surface area contributed by atoms with Crippen molar-refractivity contribution in [2.24, 2.45) is 5.92 Å². The van der Waals surface area contributed by atoms with E-state index in [2.05, 4.69) is 14.7 Å². The molecule has 2 atom stereocenters. The van der Waals surface area contributed by atoms with E-state index in [9.17, 15) is 8.42 Å². The van der Waals surface area contributed by atoms with Crippen molar-refractivity contribution >= 4 is 21.6 Å². The number of imidazole rings is 1. The van der Waals surface area contributed by atoms with E-state index in [4.69, 9.17) is 11.6 Å². The van der Waals surface area contributed by atoms with E-state index in [-0.39, 0.29) is 16.3 Å². The minimum atomic E-state index is -3.45. The van der Waals surface area contributed by atoms with Crippen LogP contribution in [-0.2, 0) is 10.0 Å². The summed E-state index contributed by atoms with van der Waals surface area (Å²) in [5.41, 5.74) is 0.